The highest BCUT2D eigenvalue weighted by atomic mass is 79.9. The fourth-order valence-electron chi connectivity index (χ4n) is 3.36. The molecule has 0 atom stereocenters. The first kappa shape index (κ1) is 24.6. The zero-order valence-electron chi connectivity index (χ0n) is 17.8. The van der Waals surface area contributed by atoms with Crippen molar-refractivity contribution in [2.24, 2.45) is 0 Å². The highest BCUT2D eigenvalue weighted by molar-refractivity contribution is 9.10. The van der Waals surface area contributed by atoms with Gasteiger partial charge in [0.05, 0.1) is 29.9 Å². The van der Waals surface area contributed by atoms with Gasteiger partial charge in [0.25, 0.3) is 0 Å². The van der Waals surface area contributed by atoms with Crippen LogP contribution >= 0.6 is 39.1 Å². The minimum absolute atomic E-state index is 0.378. The third-order valence-electron chi connectivity index (χ3n) is 5.04. The Bertz CT molecular complexity index is 848. The molecule has 1 N–H and O–H groups in total. The van der Waals surface area contributed by atoms with E-state index in [1.165, 1.54) is 0 Å². The number of morpholine rings is 1. The van der Waals surface area contributed by atoms with Crippen LogP contribution in [0.4, 0.5) is 0 Å². The first-order chi connectivity index (χ1) is 15.1. The van der Waals surface area contributed by atoms with Crippen molar-refractivity contribution in [3.05, 3.63) is 56.0 Å². The summed E-state index contributed by atoms with van der Waals surface area (Å²) in [5.74, 6) is 1.42. The van der Waals surface area contributed by atoms with Crippen LogP contribution in [-0.2, 0) is 17.9 Å². The Morgan fingerprint density at radius 2 is 1.84 bits per heavy atom. The molecule has 3 rings (SSSR count). The smallest absolute Gasteiger partial charge is 0.162 e. The van der Waals surface area contributed by atoms with Gasteiger partial charge < -0.3 is 19.5 Å². The Labute approximate surface area is 203 Å². The van der Waals surface area contributed by atoms with Crippen molar-refractivity contribution in [3.63, 3.8) is 0 Å². The van der Waals surface area contributed by atoms with Crippen molar-refractivity contribution in [1.82, 2.24) is 10.2 Å². The second kappa shape index (κ2) is 12.9. The second-order valence-electron chi connectivity index (χ2n) is 7.34. The Morgan fingerprint density at radius 1 is 1.06 bits per heavy atom. The molecule has 2 aromatic rings. The zero-order valence-corrected chi connectivity index (χ0v) is 20.9. The lowest BCUT2D eigenvalue weighted by Gasteiger charge is -2.26. The molecule has 0 aliphatic carbocycles. The van der Waals surface area contributed by atoms with Gasteiger partial charge >= 0.3 is 0 Å². The molecule has 0 radical (unpaired) electrons. The van der Waals surface area contributed by atoms with E-state index in [4.69, 9.17) is 37.4 Å². The number of benzene rings is 2. The molecule has 1 heterocycles. The van der Waals surface area contributed by atoms with Crippen molar-refractivity contribution >= 4 is 39.1 Å². The summed E-state index contributed by atoms with van der Waals surface area (Å²) in [5, 5.41) is 4.58. The van der Waals surface area contributed by atoms with Crippen LogP contribution in [0.15, 0.2) is 34.8 Å². The SMILES string of the molecule is CCOc1cc(CNCCCN2CCOCC2)c(Br)cc1OCc1ccc(Cl)c(Cl)c1. The number of ether oxygens (including phenoxy) is 3. The van der Waals surface area contributed by atoms with Gasteiger partial charge in [0.15, 0.2) is 11.5 Å². The van der Waals surface area contributed by atoms with Gasteiger partial charge in [0.2, 0.25) is 0 Å². The van der Waals surface area contributed by atoms with Crippen molar-refractivity contribution in [1.29, 1.82) is 0 Å². The molecule has 8 heteroatoms. The number of rotatable bonds is 11. The Hall–Kier alpha value is -1.02. The Kier molecular flexibility index (Phi) is 10.2. The molecule has 0 unspecified atom stereocenters. The molecule has 0 aromatic heterocycles. The van der Waals surface area contributed by atoms with E-state index < -0.39 is 0 Å². The van der Waals surface area contributed by atoms with E-state index in [1.54, 1.807) is 6.07 Å². The number of hydrogen-bond donors (Lipinski definition) is 1. The van der Waals surface area contributed by atoms with Crippen LogP contribution in [0.25, 0.3) is 0 Å². The minimum atomic E-state index is 0.378. The zero-order chi connectivity index (χ0) is 22.1. The van der Waals surface area contributed by atoms with Crippen LogP contribution < -0.4 is 14.8 Å². The maximum absolute atomic E-state index is 6.10. The quantitative estimate of drug-likeness (QED) is 0.385. The molecule has 1 aliphatic rings. The topological polar surface area (TPSA) is 43.0 Å². The summed E-state index contributed by atoms with van der Waals surface area (Å²) in [6.45, 7) is 9.50. The Morgan fingerprint density at radius 3 is 2.58 bits per heavy atom. The molecule has 0 saturated carbocycles. The highest BCUT2D eigenvalue weighted by Crippen LogP contribution is 2.34. The largest absolute Gasteiger partial charge is 0.490 e. The first-order valence-electron chi connectivity index (χ1n) is 10.6. The molecule has 170 valence electrons. The summed E-state index contributed by atoms with van der Waals surface area (Å²) in [6, 6.07) is 9.49. The number of hydrogen-bond acceptors (Lipinski definition) is 5. The molecule has 1 aliphatic heterocycles. The second-order valence-corrected chi connectivity index (χ2v) is 9.01. The lowest BCUT2D eigenvalue weighted by molar-refractivity contribution is 0.0374. The van der Waals surface area contributed by atoms with E-state index in [2.05, 4.69) is 26.1 Å². The third-order valence-corrected chi connectivity index (χ3v) is 6.52. The molecular formula is C23H29BrCl2N2O3. The third kappa shape index (κ3) is 7.81. The van der Waals surface area contributed by atoms with Crippen molar-refractivity contribution < 1.29 is 14.2 Å². The van der Waals surface area contributed by atoms with Crippen LogP contribution in [0.1, 0.15) is 24.5 Å². The lowest BCUT2D eigenvalue weighted by atomic mass is 10.2. The van der Waals surface area contributed by atoms with Gasteiger partial charge in [-0.25, -0.2) is 0 Å². The van der Waals surface area contributed by atoms with E-state index in [9.17, 15) is 0 Å². The highest BCUT2D eigenvalue weighted by Gasteiger charge is 2.12. The van der Waals surface area contributed by atoms with Gasteiger partial charge in [-0.1, -0.05) is 45.2 Å². The fourth-order valence-corrected chi connectivity index (χ4v) is 4.14. The average molecular weight is 532 g/mol. The summed E-state index contributed by atoms with van der Waals surface area (Å²) >= 11 is 15.8. The first-order valence-corrected chi connectivity index (χ1v) is 12.1. The summed E-state index contributed by atoms with van der Waals surface area (Å²) < 4.78 is 18.2. The minimum Gasteiger partial charge on any atom is -0.490 e. The van der Waals surface area contributed by atoms with E-state index >= 15 is 0 Å². The maximum Gasteiger partial charge on any atom is 0.162 e. The van der Waals surface area contributed by atoms with Gasteiger partial charge in [-0.15, -0.1) is 0 Å². The summed E-state index contributed by atoms with van der Waals surface area (Å²) in [6.07, 6.45) is 1.11. The van der Waals surface area contributed by atoms with Crippen LogP contribution in [0.2, 0.25) is 10.0 Å². The van der Waals surface area contributed by atoms with E-state index in [1.807, 2.05) is 31.2 Å². The normalized spacial score (nSPS) is 14.6. The van der Waals surface area contributed by atoms with Crippen molar-refractivity contribution in [2.45, 2.75) is 26.5 Å². The van der Waals surface area contributed by atoms with Gasteiger partial charge in [-0.05, 0) is 61.8 Å². The molecular weight excluding hydrogens is 503 g/mol. The summed E-state index contributed by atoms with van der Waals surface area (Å²) in [5.41, 5.74) is 2.08. The van der Waals surface area contributed by atoms with Crippen molar-refractivity contribution in [3.8, 4) is 11.5 Å². The van der Waals surface area contributed by atoms with E-state index in [0.29, 0.717) is 29.0 Å². The van der Waals surface area contributed by atoms with Gasteiger partial charge in [0, 0.05) is 24.1 Å². The summed E-state index contributed by atoms with van der Waals surface area (Å²) in [4.78, 5) is 2.45. The number of nitrogens with zero attached hydrogens (tertiary/aromatic N) is 1. The monoisotopic (exact) mass is 530 g/mol. The van der Waals surface area contributed by atoms with Crippen molar-refractivity contribution in [2.75, 3.05) is 46.0 Å². The molecule has 1 saturated heterocycles. The molecule has 0 amide bonds. The van der Waals surface area contributed by atoms with Gasteiger partial charge in [-0.3, -0.25) is 4.90 Å². The number of halogens is 3. The van der Waals surface area contributed by atoms with E-state index in [0.717, 1.165) is 73.7 Å². The van der Waals surface area contributed by atoms with Gasteiger partial charge in [-0.2, -0.15) is 0 Å². The standard InChI is InChI=1S/C23H29BrCl2N2O3/c1-2-30-22-13-18(15-27-6-3-7-28-8-10-29-11-9-28)19(24)14-23(22)31-16-17-4-5-20(25)21(26)12-17/h4-5,12-14,27H,2-3,6-11,15-16H2,1H3. The number of nitrogens with one attached hydrogen (secondary N) is 1. The molecule has 1 fully saturated rings. The maximum atomic E-state index is 6.10. The van der Waals surface area contributed by atoms with Gasteiger partial charge in [0.1, 0.15) is 6.61 Å². The average Bonchev–Trinajstić information content (AvgIpc) is 2.77. The van der Waals surface area contributed by atoms with Crippen LogP contribution in [-0.4, -0.2) is 50.9 Å². The van der Waals surface area contributed by atoms with Crippen LogP contribution in [0, 0.1) is 0 Å². The lowest BCUT2D eigenvalue weighted by Crippen LogP contribution is -2.37. The Balaban J connectivity index is 1.54. The van der Waals surface area contributed by atoms with Crippen LogP contribution in [0.3, 0.4) is 0 Å². The van der Waals surface area contributed by atoms with E-state index in [-0.39, 0.29) is 0 Å². The summed E-state index contributed by atoms with van der Waals surface area (Å²) in [7, 11) is 0. The fraction of sp³-hybridized carbons (Fsp3) is 0.478. The van der Waals surface area contributed by atoms with Crippen LogP contribution in [0.5, 0.6) is 11.5 Å². The molecule has 2 aromatic carbocycles. The predicted molar refractivity (Wildman–Crippen MR) is 130 cm³/mol. The molecule has 0 spiro atoms. The predicted octanol–water partition coefficient (Wildman–Crippen LogP) is 5.55. The molecule has 5 nitrogen and oxygen atoms in total. The molecule has 31 heavy (non-hydrogen) atoms. The molecule has 0 bridgehead atoms.